The van der Waals surface area contributed by atoms with Crippen molar-refractivity contribution < 1.29 is 13.5 Å². The van der Waals surface area contributed by atoms with Crippen LogP contribution in [-0.2, 0) is 10.2 Å². The molecule has 0 bridgehead atoms. The van der Waals surface area contributed by atoms with E-state index >= 15 is 0 Å². The van der Waals surface area contributed by atoms with Crippen LogP contribution in [0.1, 0.15) is 12.8 Å². The molecule has 0 aromatic carbocycles. The van der Waals surface area contributed by atoms with Gasteiger partial charge in [0.25, 0.3) is 0 Å². The molecule has 1 aromatic heterocycles. The summed E-state index contributed by atoms with van der Waals surface area (Å²) in [5, 5.41) is 11.1. The Bertz CT molecular complexity index is 438. The molecule has 2 heterocycles. The van der Waals surface area contributed by atoms with Gasteiger partial charge in [-0.2, -0.15) is 12.7 Å². The Balaban J connectivity index is 1.97. The predicted molar refractivity (Wildman–Crippen MR) is 66.0 cm³/mol. The second kappa shape index (κ2) is 5.30. The van der Waals surface area contributed by atoms with Crippen molar-refractivity contribution in [3.05, 3.63) is 11.6 Å². The van der Waals surface area contributed by atoms with Crippen LogP contribution < -0.4 is 4.72 Å². The Morgan fingerprint density at radius 2 is 2.24 bits per heavy atom. The number of hydrogen-bond acceptors (Lipinski definition) is 5. The summed E-state index contributed by atoms with van der Waals surface area (Å²) in [5.41, 5.74) is 0. The first kappa shape index (κ1) is 12.7. The molecule has 2 rings (SSSR count). The van der Waals surface area contributed by atoms with Gasteiger partial charge in [-0.25, -0.2) is 9.71 Å². The van der Waals surface area contributed by atoms with Gasteiger partial charge in [-0.1, -0.05) is 0 Å². The summed E-state index contributed by atoms with van der Waals surface area (Å²) >= 11 is 1.25. The van der Waals surface area contributed by atoms with E-state index in [2.05, 4.69) is 9.71 Å². The van der Waals surface area contributed by atoms with Gasteiger partial charge in [0.2, 0.25) is 0 Å². The SMILES string of the molecule is O=S(=O)(Nc1nccs1)N1CCC(CO)CC1. The van der Waals surface area contributed by atoms with E-state index in [9.17, 15) is 8.42 Å². The summed E-state index contributed by atoms with van der Waals surface area (Å²) in [6.45, 7) is 1.03. The van der Waals surface area contributed by atoms with E-state index < -0.39 is 10.2 Å². The monoisotopic (exact) mass is 277 g/mol. The zero-order valence-corrected chi connectivity index (χ0v) is 10.9. The summed E-state index contributed by atoms with van der Waals surface area (Å²) < 4.78 is 27.8. The van der Waals surface area contributed by atoms with E-state index in [1.54, 1.807) is 11.6 Å². The van der Waals surface area contributed by atoms with E-state index in [1.165, 1.54) is 15.6 Å². The normalized spacial score (nSPS) is 19.4. The second-order valence-corrected chi connectivity index (χ2v) is 6.53. The average Bonchev–Trinajstić information content (AvgIpc) is 2.81. The fraction of sp³-hybridized carbons (Fsp3) is 0.667. The van der Waals surface area contributed by atoms with Crippen LogP contribution >= 0.6 is 11.3 Å². The highest BCUT2D eigenvalue weighted by atomic mass is 32.2. The molecule has 0 amide bonds. The minimum atomic E-state index is -3.49. The number of hydrogen-bond donors (Lipinski definition) is 2. The van der Waals surface area contributed by atoms with Crippen LogP contribution in [0.5, 0.6) is 0 Å². The molecule has 8 heteroatoms. The Kier molecular flexibility index (Phi) is 3.97. The van der Waals surface area contributed by atoms with E-state index in [1.807, 2.05) is 0 Å². The molecule has 6 nitrogen and oxygen atoms in total. The third-order valence-corrected chi connectivity index (χ3v) is 5.13. The lowest BCUT2D eigenvalue weighted by molar-refractivity contribution is 0.170. The maximum absolute atomic E-state index is 12.0. The number of nitrogens with zero attached hydrogens (tertiary/aromatic N) is 2. The van der Waals surface area contributed by atoms with Crippen LogP contribution in [0.2, 0.25) is 0 Å². The number of aliphatic hydroxyl groups excluding tert-OH is 1. The number of nitrogens with one attached hydrogen (secondary N) is 1. The second-order valence-electron chi connectivity index (χ2n) is 3.97. The molecular weight excluding hydrogens is 262 g/mol. The average molecular weight is 277 g/mol. The van der Waals surface area contributed by atoms with Gasteiger partial charge in [0, 0.05) is 31.3 Å². The van der Waals surface area contributed by atoms with Gasteiger partial charge < -0.3 is 5.11 Å². The maximum Gasteiger partial charge on any atom is 0.303 e. The van der Waals surface area contributed by atoms with Crippen LogP contribution in [0.25, 0.3) is 0 Å². The van der Waals surface area contributed by atoms with Gasteiger partial charge in [0.05, 0.1) is 0 Å². The van der Waals surface area contributed by atoms with Crippen molar-refractivity contribution in [3.63, 3.8) is 0 Å². The highest BCUT2D eigenvalue weighted by Crippen LogP contribution is 2.21. The van der Waals surface area contributed by atoms with Crippen LogP contribution in [-0.4, -0.2) is 42.5 Å². The molecule has 1 aromatic rings. The van der Waals surface area contributed by atoms with E-state index in [0.29, 0.717) is 31.1 Å². The molecular formula is C9H15N3O3S2. The highest BCUT2D eigenvalue weighted by molar-refractivity contribution is 7.90. The van der Waals surface area contributed by atoms with Crippen molar-refractivity contribution in [2.24, 2.45) is 5.92 Å². The standard InChI is InChI=1S/C9H15N3O3S2/c13-7-8-1-4-12(5-2-8)17(14,15)11-9-10-3-6-16-9/h3,6,8,13H,1-2,4-5,7H2,(H,10,11). The lowest BCUT2D eigenvalue weighted by Crippen LogP contribution is -2.42. The van der Waals surface area contributed by atoms with E-state index in [-0.39, 0.29) is 12.5 Å². The van der Waals surface area contributed by atoms with Gasteiger partial charge in [0.15, 0.2) is 5.13 Å². The first-order chi connectivity index (χ1) is 8.12. The summed E-state index contributed by atoms with van der Waals surface area (Å²) in [6, 6.07) is 0. The van der Waals surface area contributed by atoms with Gasteiger partial charge in [-0.3, -0.25) is 0 Å². The van der Waals surface area contributed by atoms with Crippen molar-refractivity contribution >= 4 is 26.7 Å². The summed E-state index contributed by atoms with van der Waals surface area (Å²) in [6.07, 6.45) is 2.96. The van der Waals surface area contributed by atoms with Crippen molar-refractivity contribution in [2.75, 3.05) is 24.4 Å². The topological polar surface area (TPSA) is 82.5 Å². The lowest BCUT2D eigenvalue weighted by Gasteiger charge is -2.29. The number of thiazole rings is 1. The molecule has 1 saturated heterocycles. The minimum Gasteiger partial charge on any atom is -0.396 e. The summed E-state index contributed by atoms with van der Waals surface area (Å²) in [5.74, 6) is 0.223. The molecule has 0 radical (unpaired) electrons. The molecule has 1 fully saturated rings. The lowest BCUT2D eigenvalue weighted by atomic mass is 10.00. The molecule has 0 spiro atoms. The van der Waals surface area contributed by atoms with Crippen LogP contribution in [0.3, 0.4) is 0 Å². The summed E-state index contributed by atoms with van der Waals surface area (Å²) in [7, 11) is -3.49. The van der Waals surface area contributed by atoms with Crippen LogP contribution in [0, 0.1) is 5.92 Å². The third-order valence-electron chi connectivity index (χ3n) is 2.82. The van der Waals surface area contributed by atoms with Crippen molar-refractivity contribution in [1.82, 2.24) is 9.29 Å². The molecule has 0 aliphatic carbocycles. The first-order valence-corrected chi connectivity index (χ1v) is 7.72. The smallest absolute Gasteiger partial charge is 0.303 e. The quantitative estimate of drug-likeness (QED) is 0.840. The van der Waals surface area contributed by atoms with E-state index in [4.69, 9.17) is 5.11 Å². The Hall–Kier alpha value is -0.700. The molecule has 0 saturated carbocycles. The number of piperidine rings is 1. The zero-order valence-electron chi connectivity index (χ0n) is 9.24. The molecule has 17 heavy (non-hydrogen) atoms. The number of rotatable bonds is 4. The van der Waals surface area contributed by atoms with Crippen molar-refractivity contribution in [3.8, 4) is 0 Å². The number of aliphatic hydroxyl groups is 1. The molecule has 1 aliphatic rings. The third kappa shape index (κ3) is 3.15. The Morgan fingerprint density at radius 1 is 1.53 bits per heavy atom. The Morgan fingerprint density at radius 3 is 2.76 bits per heavy atom. The predicted octanol–water partition coefficient (Wildman–Crippen LogP) is 0.504. The molecule has 0 atom stereocenters. The molecule has 1 aliphatic heterocycles. The first-order valence-electron chi connectivity index (χ1n) is 5.40. The van der Waals surface area contributed by atoms with Gasteiger partial charge >= 0.3 is 10.2 Å². The molecule has 0 unspecified atom stereocenters. The molecule has 96 valence electrons. The largest absolute Gasteiger partial charge is 0.396 e. The highest BCUT2D eigenvalue weighted by Gasteiger charge is 2.27. The number of aromatic nitrogens is 1. The maximum atomic E-state index is 12.0. The summed E-state index contributed by atoms with van der Waals surface area (Å²) in [4.78, 5) is 3.89. The fourth-order valence-electron chi connectivity index (χ4n) is 1.78. The van der Waals surface area contributed by atoms with Gasteiger partial charge in [0.1, 0.15) is 0 Å². The zero-order chi connectivity index (χ0) is 12.3. The minimum absolute atomic E-state index is 0.133. The number of anilines is 1. The van der Waals surface area contributed by atoms with Crippen LogP contribution in [0.15, 0.2) is 11.6 Å². The van der Waals surface area contributed by atoms with Gasteiger partial charge in [-0.15, -0.1) is 11.3 Å². The van der Waals surface area contributed by atoms with E-state index in [0.717, 1.165) is 0 Å². The Labute approximate surface area is 104 Å². The van der Waals surface area contributed by atoms with Crippen molar-refractivity contribution in [1.29, 1.82) is 0 Å². The fourth-order valence-corrected chi connectivity index (χ4v) is 3.76. The van der Waals surface area contributed by atoms with Crippen LogP contribution in [0.4, 0.5) is 5.13 Å². The van der Waals surface area contributed by atoms with Gasteiger partial charge in [-0.05, 0) is 18.8 Å². The van der Waals surface area contributed by atoms with Crippen molar-refractivity contribution in [2.45, 2.75) is 12.8 Å². The molecule has 2 N–H and O–H groups in total.